The average molecular weight is 264 g/mol. The number of thioether (sulfide) groups is 1. The fourth-order valence-electron chi connectivity index (χ4n) is 3.51. The summed E-state index contributed by atoms with van der Waals surface area (Å²) < 4.78 is 3.09. The first-order valence-corrected chi connectivity index (χ1v) is 8.37. The smallest absolute Gasteiger partial charge is 0.0372 e. The Bertz CT molecular complexity index is 440. The number of hydrogen-bond acceptors (Lipinski definition) is 2. The molecule has 2 aliphatic rings. The molecular weight excluding hydrogens is 240 g/mol. The van der Waals surface area contributed by atoms with Crippen LogP contribution in [0.2, 0.25) is 0 Å². The van der Waals surface area contributed by atoms with Crippen LogP contribution in [0.3, 0.4) is 0 Å². The second-order valence-electron chi connectivity index (χ2n) is 6.01. The number of aryl methyl sites for hydroxylation is 1. The molecule has 0 amide bonds. The normalized spacial score (nSPS) is 25.6. The minimum atomic E-state index is 0.278. The van der Waals surface area contributed by atoms with Crippen molar-refractivity contribution in [3.8, 4) is 0 Å². The molecule has 1 aromatic rings. The lowest BCUT2D eigenvalue weighted by Crippen LogP contribution is -2.38. The minimum Gasteiger partial charge on any atom is -0.347 e. The Morgan fingerprint density at radius 2 is 2.22 bits per heavy atom. The van der Waals surface area contributed by atoms with Crippen molar-refractivity contribution in [2.75, 3.05) is 6.26 Å². The number of rotatable bonds is 3. The van der Waals surface area contributed by atoms with Gasteiger partial charge in [-0.25, -0.2) is 0 Å². The van der Waals surface area contributed by atoms with Crippen LogP contribution in [-0.4, -0.2) is 15.6 Å². The summed E-state index contributed by atoms with van der Waals surface area (Å²) in [6.45, 7) is 3.44. The van der Waals surface area contributed by atoms with Crippen molar-refractivity contribution in [1.82, 2.24) is 4.57 Å². The van der Waals surface area contributed by atoms with Crippen molar-refractivity contribution in [3.05, 3.63) is 23.0 Å². The van der Waals surface area contributed by atoms with Crippen molar-refractivity contribution in [2.24, 2.45) is 5.73 Å². The van der Waals surface area contributed by atoms with Gasteiger partial charge in [-0.05, 0) is 56.9 Å². The van der Waals surface area contributed by atoms with Gasteiger partial charge in [0, 0.05) is 28.7 Å². The minimum absolute atomic E-state index is 0.278. The van der Waals surface area contributed by atoms with Crippen LogP contribution in [0.25, 0.3) is 0 Å². The molecule has 1 fully saturated rings. The van der Waals surface area contributed by atoms with Crippen LogP contribution in [0.5, 0.6) is 0 Å². The van der Waals surface area contributed by atoms with Crippen molar-refractivity contribution in [1.29, 1.82) is 0 Å². The van der Waals surface area contributed by atoms with Crippen molar-refractivity contribution in [2.45, 2.75) is 62.8 Å². The number of nitrogens with zero attached hydrogens (tertiary/aromatic N) is 1. The second kappa shape index (κ2) is 4.61. The quantitative estimate of drug-likeness (QED) is 0.907. The second-order valence-corrected chi connectivity index (χ2v) is 7.29. The average Bonchev–Trinajstić information content (AvgIpc) is 2.62. The monoisotopic (exact) mass is 264 g/mol. The fourth-order valence-corrected chi connectivity index (χ4v) is 4.46. The Morgan fingerprint density at radius 1 is 1.44 bits per heavy atom. The highest BCUT2D eigenvalue weighted by Gasteiger charge is 2.37. The van der Waals surface area contributed by atoms with Crippen molar-refractivity contribution in [3.63, 3.8) is 0 Å². The summed E-state index contributed by atoms with van der Waals surface area (Å²) in [5.74, 6) is 0. The summed E-state index contributed by atoms with van der Waals surface area (Å²) in [4.78, 5) is 0. The summed E-state index contributed by atoms with van der Waals surface area (Å²) in [6.07, 6.45) is 10.1. The predicted octanol–water partition coefficient (Wildman–Crippen LogP) is 3.42. The maximum absolute atomic E-state index is 6.25. The van der Waals surface area contributed by atoms with Gasteiger partial charge in [-0.2, -0.15) is 11.8 Å². The van der Waals surface area contributed by atoms with Crippen LogP contribution in [0.4, 0.5) is 0 Å². The van der Waals surface area contributed by atoms with E-state index in [0.29, 0.717) is 4.75 Å². The zero-order chi connectivity index (χ0) is 12.8. The zero-order valence-corrected chi connectivity index (χ0v) is 12.4. The number of aromatic nitrogens is 1. The van der Waals surface area contributed by atoms with Gasteiger partial charge in [0.05, 0.1) is 0 Å². The van der Waals surface area contributed by atoms with Crippen LogP contribution in [0.15, 0.2) is 6.07 Å². The van der Waals surface area contributed by atoms with Crippen molar-refractivity contribution < 1.29 is 0 Å². The third-order valence-electron chi connectivity index (χ3n) is 4.92. The molecule has 0 radical (unpaired) electrons. The lowest BCUT2D eigenvalue weighted by atomic mass is 9.84. The molecule has 1 heterocycles. The molecule has 100 valence electrons. The van der Waals surface area contributed by atoms with E-state index in [2.05, 4.69) is 35.6 Å². The summed E-state index contributed by atoms with van der Waals surface area (Å²) in [5, 5.41) is 0. The van der Waals surface area contributed by atoms with Crippen LogP contribution >= 0.6 is 11.8 Å². The van der Waals surface area contributed by atoms with E-state index < -0.39 is 0 Å². The van der Waals surface area contributed by atoms with Gasteiger partial charge in [-0.1, -0.05) is 6.42 Å². The Kier molecular flexibility index (Phi) is 3.23. The molecule has 2 aliphatic carbocycles. The van der Waals surface area contributed by atoms with Crippen LogP contribution in [-0.2, 0) is 13.0 Å². The number of hydrogen-bond donors (Lipinski definition) is 1. The third-order valence-corrected chi connectivity index (χ3v) is 6.32. The maximum atomic E-state index is 6.25. The molecule has 1 unspecified atom stereocenters. The molecule has 3 heteroatoms. The molecule has 18 heavy (non-hydrogen) atoms. The highest BCUT2D eigenvalue weighted by atomic mass is 32.2. The Labute approximate surface area is 114 Å². The Balaban J connectivity index is 1.92. The molecule has 1 saturated carbocycles. The standard InChI is InChI=1S/C15H24N2S/c1-11-9-12-13(16)5-3-6-14(12)17(11)10-15(18-2)7-4-8-15/h9,13H,3-8,10,16H2,1-2H3. The van der Waals surface area contributed by atoms with E-state index in [9.17, 15) is 0 Å². The van der Waals surface area contributed by atoms with Gasteiger partial charge in [0.15, 0.2) is 0 Å². The van der Waals surface area contributed by atoms with Gasteiger partial charge < -0.3 is 10.3 Å². The van der Waals surface area contributed by atoms with Gasteiger partial charge >= 0.3 is 0 Å². The SMILES string of the molecule is CSC1(Cn2c(C)cc3c2CCCC3N)CCC1. The fraction of sp³-hybridized carbons (Fsp3) is 0.733. The molecule has 2 nitrogen and oxygen atoms in total. The molecule has 1 atom stereocenters. The number of nitrogens with two attached hydrogens (primary N) is 1. The van der Waals surface area contributed by atoms with Gasteiger partial charge in [-0.15, -0.1) is 0 Å². The Hall–Kier alpha value is -0.410. The van der Waals surface area contributed by atoms with E-state index in [4.69, 9.17) is 5.73 Å². The zero-order valence-electron chi connectivity index (χ0n) is 11.5. The largest absolute Gasteiger partial charge is 0.347 e. The van der Waals surface area contributed by atoms with Crippen LogP contribution in [0.1, 0.15) is 55.1 Å². The number of fused-ring (bicyclic) bond motifs is 1. The van der Waals surface area contributed by atoms with Gasteiger partial charge in [0.1, 0.15) is 0 Å². The van der Waals surface area contributed by atoms with Crippen molar-refractivity contribution >= 4 is 11.8 Å². The summed E-state index contributed by atoms with van der Waals surface area (Å²) >= 11 is 2.07. The molecule has 0 aromatic carbocycles. The third kappa shape index (κ3) is 1.92. The Morgan fingerprint density at radius 3 is 2.83 bits per heavy atom. The van der Waals surface area contributed by atoms with Crippen LogP contribution < -0.4 is 5.73 Å². The van der Waals surface area contributed by atoms with E-state index in [1.54, 1.807) is 0 Å². The lowest BCUT2D eigenvalue weighted by molar-refractivity contribution is 0.315. The first-order chi connectivity index (χ1) is 8.65. The van der Waals surface area contributed by atoms with Gasteiger partial charge in [0.25, 0.3) is 0 Å². The molecular formula is C15H24N2S. The van der Waals surface area contributed by atoms with E-state index in [1.165, 1.54) is 55.6 Å². The topological polar surface area (TPSA) is 30.9 Å². The first kappa shape index (κ1) is 12.6. The van der Waals surface area contributed by atoms with Crippen LogP contribution in [0, 0.1) is 6.92 Å². The molecule has 0 bridgehead atoms. The van der Waals surface area contributed by atoms with E-state index in [0.717, 1.165) is 6.42 Å². The highest BCUT2D eigenvalue weighted by Crippen LogP contribution is 2.45. The molecule has 0 aliphatic heterocycles. The summed E-state index contributed by atoms with van der Waals surface area (Å²) in [7, 11) is 0. The van der Waals surface area contributed by atoms with E-state index >= 15 is 0 Å². The van der Waals surface area contributed by atoms with E-state index in [-0.39, 0.29) is 6.04 Å². The molecule has 0 saturated heterocycles. The highest BCUT2D eigenvalue weighted by molar-refractivity contribution is 8.00. The summed E-state index contributed by atoms with van der Waals surface area (Å²) in [5.41, 5.74) is 10.6. The predicted molar refractivity (Wildman–Crippen MR) is 79.1 cm³/mol. The molecule has 3 rings (SSSR count). The lowest BCUT2D eigenvalue weighted by Gasteiger charge is -2.41. The maximum Gasteiger partial charge on any atom is 0.0372 e. The van der Waals surface area contributed by atoms with Gasteiger partial charge in [0.2, 0.25) is 0 Å². The molecule has 0 spiro atoms. The molecule has 2 N–H and O–H groups in total. The van der Waals surface area contributed by atoms with E-state index in [1.807, 2.05) is 0 Å². The first-order valence-electron chi connectivity index (χ1n) is 7.15. The molecule has 1 aromatic heterocycles. The summed E-state index contributed by atoms with van der Waals surface area (Å²) in [6, 6.07) is 2.62. The van der Waals surface area contributed by atoms with Gasteiger partial charge in [-0.3, -0.25) is 0 Å².